The monoisotopic (exact) mass is 365 g/mol. The molecule has 0 bridgehead atoms. The average Bonchev–Trinajstić information content (AvgIpc) is 2.62. The van der Waals surface area contributed by atoms with Gasteiger partial charge >= 0.3 is 5.69 Å². The van der Waals surface area contributed by atoms with Crippen molar-refractivity contribution in [2.45, 2.75) is 27.7 Å². The van der Waals surface area contributed by atoms with Crippen molar-refractivity contribution in [2.75, 3.05) is 6.54 Å². The molecule has 0 atom stereocenters. The van der Waals surface area contributed by atoms with E-state index < -0.39 is 5.69 Å². The van der Waals surface area contributed by atoms with Crippen molar-refractivity contribution < 1.29 is 4.79 Å². The number of hydrogen-bond donors (Lipinski definition) is 2. The van der Waals surface area contributed by atoms with Gasteiger partial charge in [0, 0.05) is 19.0 Å². The quantitative estimate of drug-likeness (QED) is 0.685. The predicted octanol–water partition coefficient (Wildman–Crippen LogP) is 3.96. The second-order valence-corrected chi connectivity index (χ2v) is 5.89. The van der Waals surface area contributed by atoms with E-state index >= 15 is 0 Å². The fourth-order valence-corrected chi connectivity index (χ4v) is 2.29. The zero-order chi connectivity index (χ0) is 20.2. The van der Waals surface area contributed by atoms with E-state index in [0.717, 1.165) is 16.7 Å². The topological polar surface area (TPSA) is 74.8 Å². The third kappa shape index (κ3) is 7.69. The summed E-state index contributed by atoms with van der Waals surface area (Å²) in [5, 5.41) is 2.75. The Balaban J connectivity index is 3.41. The minimum Gasteiger partial charge on any atom is -0.353 e. The summed E-state index contributed by atoms with van der Waals surface area (Å²) in [4.78, 5) is 30.1. The SMILES string of the molecule is C=C/C=C(\C=C(/C)CNC(C)=O)c1cc(C(/C=C\C)=C/C=C\C)[nH]c(=O)n1. The highest BCUT2D eigenvalue weighted by atomic mass is 16.1. The zero-order valence-electron chi connectivity index (χ0n) is 16.4. The summed E-state index contributed by atoms with van der Waals surface area (Å²) < 4.78 is 0. The smallest absolute Gasteiger partial charge is 0.345 e. The summed E-state index contributed by atoms with van der Waals surface area (Å²) in [6.45, 7) is 11.4. The second-order valence-electron chi connectivity index (χ2n) is 5.89. The van der Waals surface area contributed by atoms with Crippen LogP contribution in [-0.2, 0) is 4.79 Å². The van der Waals surface area contributed by atoms with Crippen LogP contribution in [0.2, 0.25) is 0 Å². The van der Waals surface area contributed by atoms with Crippen molar-refractivity contribution >= 4 is 17.1 Å². The lowest BCUT2D eigenvalue weighted by Gasteiger charge is -2.08. The number of hydrogen-bond acceptors (Lipinski definition) is 3. The Morgan fingerprint density at radius 1 is 1.22 bits per heavy atom. The lowest BCUT2D eigenvalue weighted by molar-refractivity contribution is -0.118. The molecular weight excluding hydrogens is 338 g/mol. The summed E-state index contributed by atoms with van der Waals surface area (Å²) in [5.74, 6) is -0.0984. The van der Waals surface area contributed by atoms with Gasteiger partial charge in [0.05, 0.1) is 11.4 Å². The van der Waals surface area contributed by atoms with Gasteiger partial charge in [-0.25, -0.2) is 4.79 Å². The highest BCUT2D eigenvalue weighted by Gasteiger charge is 2.07. The maximum atomic E-state index is 12.1. The summed E-state index contributed by atoms with van der Waals surface area (Å²) >= 11 is 0. The predicted molar refractivity (Wildman–Crippen MR) is 113 cm³/mol. The van der Waals surface area contributed by atoms with E-state index in [1.54, 1.807) is 12.2 Å². The molecule has 5 heteroatoms. The Morgan fingerprint density at radius 3 is 2.56 bits per heavy atom. The Bertz CT molecular complexity index is 881. The molecule has 1 rings (SSSR count). The molecule has 1 heterocycles. The zero-order valence-corrected chi connectivity index (χ0v) is 16.4. The van der Waals surface area contributed by atoms with Crippen LogP contribution >= 0.6 is 0 Å². The van der Waals surface area contributed by atoms with Crippen molar-refractivity contribution in [1.82, 2.24) is 15.3 Å². The number of carbonyl (C=O) groups excluding carboxylic acids is 1. The third-order valence-corrected chi connectivity index (χ3v) is 3.48. The average molecular weight is 365 g/mol. The first-order valence-corrected chi connectivity index (χ1v) is 8.73. The third-order valence-electron chi connectivity index (χ3n) is 3.48. The van der Waals surface area contributed by atoms with Gasteiger partial charge in [0.1, 0.15) is 0 Å². The summed E-state index contributed by atoms with van der Waals surface area (Å²) in [5.41, 5.74) is 3.32. The maximum Gasteiger partial charge on any atom is 0.345 e. The number of aromatic amines is 1. The minimum absolute atomic E-state index is 0.0984. The lowest BCUT2D eigenvalue weighted by atomic mass is 10.0. The van der Waals surface area contributed by atoms with Crippen LogP contribution in [0.5, 0.6) is 0 Å². The summed E-state index contributed by atoms with van der Waals surface area (Å²) in [6, 6.07) is 1.83. The highest BCUT2D eigenvalue weighted by Crippen LogP contribution is 2.19. The number of nitrogens with zero attached hydrogens (tertiary/aromatic N) is 1. The van der Waals surface area contributed by atoms with E-state index in [-0.39, 0.29) is 5.91 Å². The fourth-order valence-electron chi connectivity index (χ4n) is 2.29. The molecule has 142 valence electrons. The molecule has 0 saturated carbocycles. The number of amides is 1. The molecule has 0 radical (unpaired) electrons. The van der Waals surface area contributed by atoms with Crippen LogP contribution in [0.15, 0.2) is 71.6 Å². The number of carbonyl (C=O) groups is 1. The summed E-state index contributed by atoms with van der Waals surface area (Å²) in [6.07, 6.45) is 14.9. The molecule has 0 fully saturated rings. The van der Waals surface area contributed by atoms with Gasteiger partial charge < -0.3 is 10.3 Å². The minimum atomic E-state index is -0.429. The number of aromatic nitrogens is 2. The number of rotatable bonds is 8. The van der Waals surface area contributed by atoms with E-state index in [1.807, 2.05) is 63.3 Å². The van der Waals surface area contributed by atoms with Gasteiger partial charge in [-0.15, -0.1) is 0 Å². The first-order valence-electron chi connectivity index (χ1n) is 8.73. The van der Waals surface area contributed by atoms with Gasteiger partial charge in [-0.05, 0) is 32.4 Å². The molecule has 0 aliphatic heterocycles. The first kappa shape index (κ1) is 21.8. The maximum absolute atomic E-state index is 12.1. The van der Waals surface area contributed by atoms with Crippen LogP contribution in [0.4, 0.5) is 0 Å². The van der Waals surface area contributed by atoms with Crippen LogP contribution in [0.25, 0.3) is 11.1 Å². The second kappa shape index (κ2) is 11.4. The van der Waals surface area contributed by atoms with Crippen molar-refractivity contribution in [2.24, 2.45) is 0 Å². The van der Waals surface area contributed by atoms with E-state index in [1.165, 1.54) is 6.92 Å². The van der Waals surface area contributed by atoms with Crippen molar-refractivity contribution in [3.63, 3.8) is 0 Å². The molecule has 0 aromatic carbocycles. The van der Waals surface area contributed by atoms with Crippen molar-refractivity contribution in [1.29, 1.82) is 0 Å². The Hall–Kier alpha value is -3.21. The Labute approximate surface area is 160 Å². The number of nitrogens with one attached hydrogen (secondary N) is 2. The van der Waals surface area contributed by atoms with Gasteiger partial charge in [0.25, 0.3) is 0 Å². The molecule has 0 unspecified atom stereocenters. The molecule has 1 aromatic rings. The molecule has 0 saturated heterocycles. The molecule has 1 aromatic heterocycles. The summed E-state index contributed by atoms with van der Waals surface area (Å²) in [7, 11) is 0. The van der Waals surface area contributed by atoms with Crippen LogP contribution in [0.3, 0.4) is 0 Å². The molecule has 1 amide bonds. The molecule has 5 nitrogen and oxygen atoms in total. The standard InChI is InChI=1S/C22H27N3O2/c1-6-9-12-18(10-7-2)20-14-21(25-22(27)24-20)19(11-8-3)13-16(4)15-23-17(5)26/h6-14H,3,15H2,1-2,4-5H3,(H,23,26)(H,24,25,27)/b9-6-,10-7-,16-13+,18-12+,19-11+. The van der Waals surface area contributed by atoms with Gasteiger partial charge in [0.15, 0.2) is 0 Å². The normalized spacial score (nSPS) is 13.4. The first-order chi connectivity index (χ1) is 12.9. The highest BCUT2D eigenvalue weighted by molar-refractivity contribution is 5.78. The van der Waals surface area contributed by atoms with E-state index in [9.17, 15) is 9.59 Å². The molecular formula is C22H27N3O2. The van der Waals surface area contributed by atoms with Crippen LogP contribution in [0.1, 0.15) is 39.1 Å². The molecule has 0 aliphatic rings. The molecule has 27 heavy (non-hydrogen) atoms. The van der Waals surface area contributed by atoms with Gasteiger partial charge in [-0.2, -0.15) is 4.98 Å². The van der Waals surface area contributed by atoms with Crippen molar-refractivity contribution in [3.8, 4) is 0 Å². The van der Waals surface area contributed by atoms with Crippen LogP contribution < -0.4 is 11.0 Å². The van der Waals surface area contributed by atoms with E-state index in [4.69, 9.17) is 0 Å². The van der Waals surface area contributed by atoms with Crippen LogP contribution in [0, 0.1) is 0 Å². The molecule has 0 spiro atoms. The van der Waals surface area contributed by atoms with Gasteiger partial charge in [0.2, 0.25) is 5.91 Å². The van der Waals surface area contributed by atoms with Gasteiger partial charge in [-0.3, -0.25) is 4.79 Å². The molecule has 2 N–H and O–H groups in total. The Kier molecular flexibility index (Phi) is 9.23. The molecule has 0 aliphatic carbocycles. The van der Waals surface area contributed by atoms with E-state index in [2.05, 4.69) is 21.9 Å². The fraction of sp³-hybridized carbons (Fsp3) is 0.227. The largest absolute Gasteiger partial charge is 0.353 e. The van der Waals surface area contributed by atoms with E-state index in [0.29, 0.717) is 17.9 Å². The number of H-pyrrole nitrogens is 1. The van der Waals surface area contributed by atoms with Crippen molar-refractivity contribution in [3.05, 3.63) is 88.7 Å². The van der Waals surface area contributed by atoms with Gasteiger partial charge in [-0.1, -0.05) is 60.8 Å². The number of allylic oxidation sites excluding steroid dienone is 10. The Morgan fingerprint density at radius 2 is 1.96 bits per heavy atom. The lowest BCUT2D eigenvalue weighted by Crippen LogP contribution is -2.21. The van der Waals surface area contributed by atoms with Crippen LogP contribution in [-0.4, -0.2) is 22.4 Å².